The minimum atomic E-state index is -0.352. The van der Waals surface area contributed by atoms with E-state index in [0.29, 0.717) is 12.1 Å². The highest BCUT2D eigenvalue weighted by atomic mass is 19.1. The number of amides is 1. The van der Waals surface area contributed by atoms with Crippen LogP contribution in [-0.2, 0) is 19.5 Å². The van der Waals surface area contributed by atoms with Gasteiger partial charge in [0, 0.05) is 44.2 Å². The van der Waals surface area contributed by atoms with E-state index in [0.717, 1.165) is 57.7 Å². The molecule has 2 aliphatic heterocycles. The van der Waals surface area contributed by atoms with E-state index in [4.69, 9.17) is 0 Å². The highest BCUT2D eigenvalue weighted by molar-refractivity contribution is 5.94. The Balaban J connectivity index is 1.29. The number of likely N-dealkylation sites (tertiary alicyclic amines) is 1. The Bertz CT molecular complexity index is 873. The van der Waals surface area contributed by atoms with E-state index >= 15 is 0 Å². The second kappa shape index (κ2) is 7.64. The molecule has 0 saturated carbocycles. The molecule has 2 aromatic rings. The molecule has 1 aromatic heterocycles. The molecule has 7 nitrogen and oxygen atoms in total. The SMILES string of the molecule is O=C(NC1CCN(CCn2nc3n(c2=O)CCCC3)C1)c1ccc(F)cc1. The van der Waals surface area contributed by atoms with E-state index in [1.807, 2.05) is 0 Å². The van der Waals surface area contributed by atoms with Crippen LogP contribution in [0.2, 0.25) is 0 Å². The average molecular weight is 373 g/mol. The van der Waals surface area contributed by atoms with Crippen LogP contribution in [0.25, 0.3) is 0 Å². The van der Waals surface area contributed by atoms with Crippen LogP contribution in [0.3, 0.4) is 0 Å². The highest BCUT2D eigenvalue weighted by Gasteiger charge is 2.25. The minimum Gasteiger partial charge on any atom is -0.348 e. The lowest BCUT2D eigenvalue weighted by Crippen LogP contribution is -2.38. The van der Waals surface area contributed by atoms with Gasteiger partial charge in [0.2, 0.25) is 0 Å². The van der Waals surface area contributed by atoms with Gasteiger partial charge < -0.3 is 5.32 Å². The number of aromatic nitrogens is 3. The Kier molecular flexibility index (Phi) is 5.07. The largest absolute Gasteiger partial charge is 0.348 e. The lowest BCUT2D eigenvalue weighted by atomic mass is 10.2. The fourth-order valence-electron chi connectivity index (χ4n) is 3.85. The summed E-state index contributed by atoms with van der Waals surface area (Å²) in [7, 11) is 0. The second-order valence-electron chi connectivity index (χ2n) is 7.30. The molecule has 1 saturated heterocycles. The highest BCUT2D eigenvalue weighted by Crippen LogP contribution is 2.12. The summed E-state index contributed by atoms with van der Waals surface area (Å²) in [6.07, 6.45) is 3.88. The fourth-order valence-corrected chi connectivity index (χ4v) is 3.85. The summed E-state index contributed by atoms with van der Waals surface area (Å²) in [4.78, 5) is 26.9. The molecular weight excluding hydrogens is 349 g/mol. The Morgan fingerprint density at radius 2 is 2.00 bits per heavy atom. The third kappa shape index (κ3) is 3.95. The molecule has 8 heteroatoms. The molecule has 0 bridgehead atoms. The number of nitrogens with zero attached hydrogens (tertiary/aromatic N) is 4. The lowest BCUT2D eigenvalue weighted by molar-refractivity contribution is 0.0937. The normalized spacial score (nSPS) is 19.8. The Labute approximate surface area is 156 Å². The molecule has 144 valence electrons. The van der Waals surface area contributed by atoms with Crippen molar-refractivity contribution in [2.24, 2.45) is 0 Å². The van der Waals surface area contributed by atoms with E-state index in [9.17, 15) is 14.0 Å². The van der Waals surface area contributed by atoms with E-state index in [1.54, 1.807) is 9.25 Å². The number of halogens is 1. The van der Waals surface area contributed by atoms with Gasteiger partial charge >= 0.3 is 5.69 Å². The summed E-state index contributed by atoms with van der Waals surface area (Å²) in [5.74, 6) is 0.367. The standard InChI is InChI=1S/C19H24FN5O2/c20-15-6-4-14(5-7-15)18(26)21-16-8-10-23(13-16)11-12-25-19(27)24-9-2-1-3-17(24)22-25/h4-7,16H,1-3,8-13H2,(H,21,26). The number of fused-ring (bicyclic) bond motifs is 1. The molecule has 1 fully saturated rings. The number of rotatable bonds is 5. The molecule has 0 aliphatic carbocycles. The summed E-state index contributed by atoms with van der Waals surface area (Å²) < 4.78 is 16.3. The van der Waals surface area contributed by atoms with Crippen molar-refractivity contribution in [2.45, 2.75) is 44.8 Å². The first-order valence-corrected chi connectivity index (χ1v) is 9.55. The molecule has 4 rings (SSSR count). The molecule has 1 aromatic carbocycles. The molecule has 1 amide bonds. The summed E-state index contributed by atoms with van der Waals surface area (Å²) in [5.41, 5.74) is 0.454. The molecule has 0 spiro atoms. The number of nitrogens with one attached hydrogen (secondary N) is 1. The number of carbonyl (C=O) groups is 1. The predicted molar refractivity (Wildman–Crippen MR) is 98.1 cm³/mol. The summed E-state index contributed by atoms with van der Waals surface area (Å²) in [5, 5.41) is 7.47. The Morgan fingerprint density at radius 1 is 1.19 bits per heavy atom. The number of aryl methyl sites for hydroxylation is 1. The Morgan fingerprint density at radius 3 is 2.78 bits per heavy atom. The number of carbonyl (C=O) groups excluding carboxylic acids is 1. The molecule has 27 heavy (non-hydrogen) atoms. The van der Waals surface area contributed by atoms with Crippen molar-refractivity contribution in [3.8, 4) is 0 Å². The van der Waals surface area contributed by atoms with Crippen LogP contribution in [-0.4, -0.2) is 50.8 Å². The third-order valence-corrected chi connectivity index (χ3v) is 5.37. The van der Waals surface area contributed by atoms with Gasteiger partial charge in [0.15, 0.2) is 0 Å². The molecule has 0 radical (unpaired) electrons. The zero-order chi connectivity index (χ0) is 18.8. The average Bonchev–Trinajstić information content (AvgIpc) is 3.25. The lowest BCUT2D eigenvalue weighted by Gasteiger charge is -2.16. The molecular formula is C19H24FN5O2. The molecule has 1 N–H and O–H groups in total. The first-order valence-electron chi connectivity index (χ1n) is 9.55. The van der Waals surface area contributed by atoms with Crippen molar-refractivity contribution in [3.63, 3.8) is 0 Å². The number of hydrogen-bond donors (Lipinski definition) is 1. The van der Waals surface area contributed by atoms with Crippen LogP contribution in [0.5, 0.6) is 0 Å². The number of benzene rings is 1. The maximum absolute atomic E-state index is 13.0. The van der Waals surface area contributed by atoms with Gasteiger partial charge in [-0.05, 0) is 43.5 Å². The van der Waals surface area contributed by atoms with E-state index in [-0.39, 0.29) is 23.5 Å². The predicted octanol–water partition coefficient (Wildman–Crippen LogP) is 1.02. The Hall–Kier alpha value is -2.48. The summed E-state index contributed by atoms with van der Waals surface area (Å²) in [6.45, 7) is 3.69. The van der Waals surface area contributed by atoms with Gasteiger partial charge in [-0.15, -0.1) is 0 Å². The van der Waals surface area contributed by atoms with Gasteiger partial charge in [-0.25, -0.2) is 13.9 Å². The first kappa shape index (κ1) is 17.9. The van der Waals surface area contributed by atoms with Gasteiger partial charge in [0.25, 0.3) is 5.91 Å². The van der Waals surface area contributed by atoms with Crippen LogP contribution in [0.1, 0.15) is 35.4 Å². The van der Waals surface area contributed by atoms with Gasteiger partial charge in [0.05, 0.1) is 6.54 Å². The zero-order valence-corrected chi connectivity index (χ0v) is 15.2. The number of hydrogen-bond acceptors (Lipinski definition) is 4. The van der Waals surface area contributed by atoms with Crippen LogP contribution >= 0.6 is 0 Å². The molecule has 2 aliphatic rings. The maximum Gasteiger partial charge on any atom is 0.345 e. The van der Waals surface area contributed by atoms with Gasteiger partial charge in [-0.1, -0.05) is 0 Å². The van der Waals surface area contributed by atoms with Crippen molar-refractivity contribution in [3.05, 3.63) is 52.0 Å². The van der Waals surface area contributed by atoms with Crippen molar-refractivity contribution in [2.75, 3.05) is 19.6 Å². The molecule has 3 heterocycles. The molecule has 1 atom stereocenters. The van der Waals surface area contributed by atoms with Crippen LogP contribution in [0, 0.1) is 5.82 Å². The zero-order valence-electron chi connectivity index (χ0n) is 15.2. The quantitative estimate of drug-likeness (QED) is 0.850. The third-order valence-electron chi connectivity index (χ3n) is 5.37. The van der Waals surface area contributed by atoms with Crippen molar-refractivity contribution in [1.82, 2.24) is 24.6 Å². The van der Waals surface area contributed by atoms with Gasteiger partial charge in [-0.2, -0.15) is 5.10 Å². The van der Waals surface area contributed by atoms with Crippen LogP contribution in [0.15, 0.2) is 29.1 Å². The van der Waals surface area contributed by atoms with Crippen LogP contribution in [0.4, 0.5) is 4.39 Å². The minimum absolute atomic E-state index is 0.00920. The topological polar surface area (TPSA) is 72.2 Å². The maximum atomic E-state index is 13.0. The molecule has 1 unspecified atom stereocenters. The fraction of sp³-hybridized carbons (Fsp3) is 0.526. The van der Waals surface area contributed by atoms with E-state index in [1.165, 1.54) is 24.3 Å². The van der Waals surface area contributed by atoms with Gasteiger partial charge in [0.1, 0.15) is 11.6 Å². The second-order valence-corrected chi connectivity index (χ2v) is 7.30. The first-order chi connectivity index (χ1) is 13.1. The van der Waals surface area contributed by atoms with Crippen molar-refractivity contribution < 1.29 is 9.18 Å². The van der Waals surface area contributed by atoms with Gasteiger partial charge in [-0.3, -0.25) is 14.3 Å². The smallest absolute Gasteiger partial charge is 0.345 e. The van der Waals surface area contributed by atoms with Crippen molar-refractivity contribution >= 4 is 5.91 Å². The van der Waals surface area contributed by atoms with Crippen molar-refractivity contribution in [1.29, 1.82) is 0 Å². The summed E-state index contributed by atoms with van der Waals surface area (Å²) >= 11 is 0. The monoisotopic (exact) mass is 373 g/mol. The van der Waals surface area contributed by atoms with E-state index in [2.05, 4.69) is 15.3 Å². The van der Waals surface area contributed by atoms with Crippen LogP contribution < -0.4 is 11.0 Å². The van der Waals surface area contributed by atoms with E-state index < -0.39 is 0 Å². The summed E-state index contributed by atoms with van der Waals surface area (Å²) in [6, 6.07) is 5.62.